The minimum absolute atomic E-state index is 0.130. The molecule has 0 aliphatic heterocycles. The molecule has 1 aromatic carbocycles. The van der Waals surface area contributed by atoms with Gasteiger partial charge in [-0.1, -0.05) is 41.4 Å². The average molecular weight is 267 g/mol. The van der Waals surface area contributed by atoms with Gasteiger partial charge in [-0.15, -0.1) is 11.3 Å². The van der Waals surface area contributed by atoms with E-state index in [0.717, 1.165) is 10.8 Å². The maximum absolute atomic E-state index is 5.92. The maximum atomic E-state index is 5.92. The Hall–Kier alpha value is -0.870. The van der Waals surface area contributed by atoms with Gasteiger partial charge in [-0.05, 0) is 24.6 Å². The highest BCUT2D eigenvalue weighted by molar-refractivity contribution is 7.16. The molecule has 0 saturated heterocycles. The zero-order valence-electron chi connectivity index (χ0n) is 9.61. The molecule has 1 atom stereocenters. The van der Waals surface area contributed by atoms with Crippen LogP contribution in [0.1, 0.15) is 22.0 Å². The predicted molar refractivity (Wildman–Crippen MR) is 74.3 cm³/mol. The van der Waals surface area contributed by atoms with Crippen molar-refractivity contribution >= 4 is 22.9 Å². The van der Waals surface area contributed by atoms with Gasteiger partial charge in [-0.3, -0.25) is 11.3 Å². The molecule has 1 heterocycles. The molecule has 0 spiro atoms. The van der Waals surface area contributed by atoms with Crippen LogP contribution in [0, 0.1) is 6.92 Å². The third-order valence-electron chi connectivity index (χ3n) is 2.72. The van der Waals surface area contributed by atoms with Gasteiger partial charge in [0, 0.05) is 11.3 Å². The number of nitrogens with one attached hydrogen (secondary N) is 1. The Morgan fingerprint density at radius 3 is 2.47 bits per heavy atom. The molecular formula is C13H15ClN2S. The summed E-state index contributed by atoms with van der Waals surface area (Å²) in [6.07, 6.45) is 0.858. The van der Waals surface area contributed by atoms with Crippen LogP contribution in [0.2, 0.25) is 4.34 Å². The predicted octanol–water partition coefficient (Wildman–Crippen LogP) is 3.46. The highest BCUT2D eigenvalue weighted by Crippen LogP contribution is 2.26. The summed E-state index contributed by atoms with van der Waals surface area (Å²) in [7, 11) is 0. The molecule has 2 rings (SSSR count). The zero-order chi connectivity index (χ0) is 12.3. The molecule has 0 bridgehead atoms. The van der Waals surface area contributed by atoms with E-state index >= 15 is 0 Å². The lowest BCUT2D eigenvalue weighted by atomic mass is 10.0. The van der Waals surface area contributed by atoms with E-state index in [9.17, 15) is 0 Å². The number of hydrogen-bond donors (Lipinski definition) is 2. The second kappa shape index (κ2) is 5.65. The van der Waals surface area contributed by atoms with Crippen LogP contribution in [-0.2, 0) is 6.42 Å². The van der Waals surface area contributed by atoms with Gasteiger partial charge >= 0.3 is 0 Å². The first kappa shape index (κ1) is 12.6. The summed E-state index contributed by atoms with van der Waals surface area (Å²) in [5.41, 5.74) is 5.31. The zero-order valence-corrected chi connectivity index (χ0v) is 11.2. The van der Waals surface area contributed by atoms with Crippen molar-refractivity contribution in [1.82, 2.24) is 5.43 Å². The monoisotopic (exact) mass is 266 g/mol. The molecule has 3 N–H and O–H groups in total. The minimum Gasteiger partial charge on any atom is -0.271 e. The van der Waals surface area contributed by atoms with Gasteiger partial charge < -0.3 is 0 Å². The number of aryl methyl sites for hydroxylation is 1. The number of hydrazine groups is 1. The van der Waals surface area contributed by atoms with Crippen molar-refractivity contribution < 1.29 is 0 Å². The lowest BCUT2D eigenvalue weighted by Gasteiger charge is -2.15. The van der Waals surface area contributed by atoms with E-state index in [1.165, 1.54) is 16.0 Å². The first-order valence-electron chi connectivity index (χ1n) is 5.46. The molecule has 0 aliphatic carbocycles. The summed E-state index contributed by atoms with van der Waals surface area (Å²) in [6, 6.07) is 12.5. The first-order valence-corrected chi connectivity index (χ1v) is 6.65. The number of benzene rings is 1. The van der Waals surface area contributed by atoms with Crippen LogP contribution < -0.4 is 11.3 Å². The van der Waals surface area contributed by atoms with E-state index in [1.807, 2.05) is 12.1 Å². The van der Waals surface area contributed by atoms with E-state index in [4.69, 9.17) is 17.4 Å². The summed E-state index contributed by atoms with van der Waals surface area (Å²) in [4.78, 5) is 1.23. The van der Waals surface area contributed by atoms with E-state index in [-0.39, 0.29) is 6.04 Å². The van der Waals surface area contributed by atoms with Crippen LogP contribution in [0.15, 0.2) is 36.4 Å². The second-order valence-corrected chi connectivity index (χ2v) is 5.84. The molecule has 0 aliphatic rings. The number of rotatable bonds is 4. The topological polar surface area (TPSA) is 38.0 Å². The fourth-order valence-electron chi connectivity index (χ4n) is 1.73. The van der Waals surface area contributed by atoms with Crippen LogP contribution in [-0.4, -0.2) is 0 Å². The summed E-state index contributed by atoms with van der Waals surface area (Å²) >= 11 is 7.52. The Morgan fingerprint density at radius 2 is 1.94 bits per heavy atom. The summed E-state index contributed by atoms with van der Waals surface area (Å²) < 4.78 is 0.819. The van der Waals surface area contributed by atoms with Crippen LogP contribution in [0.25, 0.3) is 0 Å². The molecule has 1 aromatic heterocycles. The van der Waals surface area contributed by atoms with Gasteiger partial charge in [-0.2, -0.15) is 0 Å². The molecule has 0 fully saturated rings. The minimum atomic E-state index is 0.130. The number of hydrogen-bond acceptors (Lipinski definition) is 3. The summed E-state index contributed by atoms with van der Waals surface area (Å²) in [5, 5.41) is 0. The summed E-state index contributed by atoms with van der Waals surface area (Å²) in [5.74, 6) is 5.62. The molecule has 0 saturated carbocycles. The lowest BCUT2D eigenvalue weighted by Crippen LogP contribution is -2.29. The Morgan fingerprint density at radius 1 is 1.24 bits per heavy atom. The van der Waals surface area contributed by atoms with Crippen molar-refractivity contribution in [3.8, 4) is 0 Å². The first-order chi connectivity index (χ1) is 8.19. The number of thiophene rings is 1. The van der Waals surface area contributed by atoms with E-state index in [2.05, 4.69) is 36.6 Å². The Kier molecular flexibility index (Phi) is 4.18. The van der Waals surface area contributed by atoms with Gasteiger partial charge in [0.1, 0.15) is 0 Å². The molecule has 0 radical (unpaired) electrons. The molecule has 17 heavy (non-hydrogen) atoms. The average Bonchev–Trinajstić information content (AvgIpc) is 2.73. The van der Waals surface area contributed by atoms with Gasteiger partial charge in [0.25, 0.3) is 0 Å². The molecule has 4 heteroatoms. The highest BCUT2D eigenvalue weighted by Gasteiger charge is 2.11. The van der Waals surface area contributed by atoms with Gasteiger partial charge in [0.2, 0.25) is 0 Å². The number of nitrogens with two attached hydrogens (primary N) is 1. The van der Waals surface area contributed by atoms with Crippen LogP contribution >= 0.6 is 22.9 Å². The molecule has 2 nitrogen and oxygen atoms in total. The lowest BCUT2D eigenvalue weighted by molar-refractivity contribution is 0.555. The number of halogens is 1. The van der Waals surface area contributed by atoms with Crippen molar-refractivity contribution in [2.45, 2.75) is 19.4 Å². The van der Waals surface area contributed by atoms with Crippen molar-refractivity contribution in [3.05, 3.63) is 56.7 Å². The third kappa shape index (κ3) is 3.30. The molecular weight excluding hydrogens is 252 g/mol. The van der Waals surface area contributed by atoms with E-state index in [0.29, 0.717) is 0 Å². The summed E-state index contributed by atoms with van der Waals surface area (Å²) in [6.45, 7) is 2.08. The van der Waals surface area contributed by atoms with Crippen molar-refractivity contribution in [2.24, 2.45) is 5.84 Å². The normalized spacial score (nSPS) is 12.6. The van der Waals surface area contributed by atoms with E-state index < -0.39 is 0 Å². The van der Waals surface area contributed by atoms with Gasteiger partial charge in [0.05, 0.1) is 10.4 Å². The van der Waals surface area contributed by atoms with Crippen LogP contribution in [0.4, 0.5) is 0 Å². The van der Waals surface area contributed by atoms with E-state index in [1.54, 1.807) is 11.3 Å². The van der Waals surface area contributed by atoms with Crippen LogP contribution in [0.3, 0.4) is 0 Å². The van der Waals surface area contributed by atoms with Gasteiger partial charge in [-0.25, -0.2) is 0 Å². The SMILES string of the molecule is Cc1ccc(C(Cc2ccc(Cl)s2)NN)cc1. The Labute approximate surface area is 110 Å². The quantitative estimate of drug-likeness (QED) is 0.657. The molecule has 90 valence electrons. The smallest absolute Gasteiger partial charge is 0.0931 e. The third-order valence-corrected chi connectivity index (χ3v) is 3.97. The van der Waals surface area contributed by atoms with Crippen molar-refractivity contribution in [2.75, 3.05) is 0 Å². The molecule has 0 amide bonds. The Bertz CT molecular complexity index is 478. The molecule has 2 aromatic rings. The highest BCUT2D eigenvalue weighted by atomic mass is 35.5. The van der Waals surface area contributed by atoms with Crippen molar-refractivity contribution in [3.63, 3.8) is 0 Å². The molecule has 1 unspecified atom stereocenters. The van der Waals surface area contributed by atoms with Crippen molar-refractivity contribution in [1.29, 1.82) is 0 Å². The second-order valence-electron chi connectivity index (χ2n) is 4.04. The largest absolute Gasteiger partial charge is 0.271 e. The fraction of sp³-hybridized carbons (Fsp3) is 0.231. The maximum Gasteiger partial charge on any atom is 0.0931 e. The van der Waals surface area contributed by atoms with Gasteiger partial charge in [0.15, 0.2) is 0 Å². The van der Waals surface area contributed by atoms with Crippen LogP contribution in [0.5, 0.6) is 0 Å². The Balaban J connectivity index is 2.13. The standard InChI is InChI=1S/C13H15ClN2S/c1-9-2-4-10(5-3-9)12(16-15)8-11-6-7-13(14)17-11/h2-7,12,16H,8,15H2,1H3. The fourth-order valence-corrected chi connectivity index (χ4v) is 2.87.